The fraction of sp³-hybridized carbons (Fsp3) is 0.727. The average Bonchev–Trinajstić information content (AvgIpc) is 2.11. The first kappa shape index (κ1) is 13.0. The van der Waals surface area contributed by atoms with E-state index >= 15 is 0 Å². The van der Waals surface area contributed by atoms with Crippen LogP contribution in [-0.4, -0.2) is 18.0 Å². The number of terminal acetylenes is 1. The molecular weight excluding hydrogens is 176 g/mol. The maximum absolute atomic E-state index is 11.6. The molecule has 0 aromatic heterocycles. The van der Waals surface area contributed by atoms with Gasteiger partial charge in [0.25, 0.3) is 0 Å². The normalized spacial score (nSPS) is 15.4. The van der Waals surface area contributed by atoms with Gasteiger partial charge < -0.3 is 11.1 Å². The van der Waals surface area contributed by atoms with Crippen molar-refractivity contribution in [2.24, 2.45) is 11.1 Å². The summed E-state index contributed by atoms with van der Waals surface area (Å²) in [6, 6.07) is -0.735. The van der Waals surface area contributed by atoms with Crippen LogP contribution in [0.1, 0.15) is 34.1 Å². The molecule has 3 heteroatoms. The molecule has 0 saturated carbocycles. The Morgan fingerprint density at radius 1 is 1.57 bits per heavy atom. The molecule has 0 aliphatic rings. The Labute approximate surface area is 86.4 Å². The van der Waals surface area contributed by atoms with Crippen molar-refractivity contribution in [3.63, 3.8) is 0 Å². The summed E-state index contributed by atoms with van der Waals surface area (Å²) in [7, 11) is 0. The summed E-state index contributed by atoms with van der Waals surface area (Å²) in [6.45, 7) is 7.70. The second-order valence-corrected chi connectivity index (χ2v) is 4.48. The van der Waals surface area contributed by atoms with Crippen LogP contribution in [0.4, 0.5) is 0 Å². The van der Waals surface area contributed by atoms with Crippen molar-refractivity contribution < 1.29 is 4.79 Å². The highest BCUT2D eigenvalue weighted by atomic mass is 16.2. The van der Waals surface area contributed by atoms with Crippen LogP contribution in [0.2, 0.25) is 0 Å². The van der Waals surface area contributed by atoms with Gasteiger partial charge >= 0.3 is 0 Å². The van der Waals surface area contributed by atoms with Gasteiger partial charge in [0.2, 0.25) is 5.91 Å². The van der Waals surface area contributed by atoms with Crippen molar-refractivity contribution in [3.05, 3.63) is 0 Å². The molecule has 0 aliphatic heterocycles. The SMILES string of the molecule is C#CC(CC)NC(=O)[C@@H](N)C(C)(C)C. The van der Waals surface area contributed by atoms with Gasteiger partial charge in [0.05, 0.1) is 12.1 Å². The van der Waals surface area contributed by atoms with E-state index < -0.39 is 6.04 Å². The average molecular weight is 196 g/mol. The van der Waals surface area contributed by atoms with E-state index in [2.05, 4.69) is 11.2 Å². The number of rotatable bonds is 3. The first-order valence-electron chi connectivity index (χ1n) is 4.85. The molecule has 0 heterocycles. The van der Waals surface area contributed by atoms with Gasteiger partial charge in [0.15, 0.2) is 0 Å². The summed E-state index contributed by atoms with van der Waals surface area (Å²) in [4.78, 5) is 11.6. The Balaban J connectivity index is 4.30. The van der Waals surface area contributed by atoms with Crippen LogP contribution < -0.4 is 11.1 Å². The summed E-state index contributed by atoms with van der Waals surface area (Å²) < 4.78 is 0. The summed E-state index contributed by atoms with van der Waals surface area (Å²) in [6.07, 6.45) is 5.96. The number of amides is 1. The zero-order valence-corrected chi connectivity index (χ0v) is 9.42. The minimum Gasteiger partial charge on any atom is -0.341 e. The first-order chi connectivity index (χ1) is 6.32. The number of nitrogens with two attached hydrogens (primary N) is 1. The highest BCUT2D eigenvalue weighted by Gasteiger charge is 2.28. The standard InChI is InChI=1S/C11H20N2O/c1-6-8(7-2)13-10(14)9(12)11(3,4)5/h1,8-9H,7,12H2,2-5H3,(H,13,14)/t8?,9-/m1/s1. The zero-order chi connectivity index (χ0) is 11.4. The van der Waals surface area contributed by atoms with Crippen LogP contribution >= 0.6 is 0 Å². The van der Waals surface area contributed by atoms with Crippen LogP contribution in [0.25, 0.3) is 0 Å². The lowest BCUT2D eigenvalue weighted by Crippen LogP contribution is -2.51. The topological polar surface area (TPSA) is 55.1 Å². The molecule has 80 valence electrons. The van der Waals surface area contributed by atoms with Crippen LogP contribution in [0.3, 0.4) is 0 Å². The fourth-order valence-corrected chi connectivity index (χ4v) is 0.916. The van der Waals surface area contributed by atoms with E-state index in [0.717, 1.165) is 6.42 Å². The van der Waals surface area contributed by atoms with E-state index in [9.17, 15) is 4.79 Å². The predicted molar refractivity (Wildman–Crippen MR) is 58.5 cm³/mol. The van der Waals surface area contributed by atoms with Gasteiger partial charge in [-0.3, -0.25) is 4.79 Å². The maximum Gasteiger partial charge on any atom is 0.238 e. The third-order valence-corrected chi connectivity index (χ3v) is 2.14. The lowest BCUT2D eigenvalue weighted by Gasteiger charge is -2.26. The number of nitrogens with one attached hydrogen (secondary N) is 1. The van der Waals surface area contributed by atoms with Crippen LogP contribution in [0.15, 0.2) is 0 Å². The third-order valence-electron chi connectivity index (χ3n) is 2.14. The van der Waals surface area contributed by atoms with Gasteiger partial charge in [-0.1, -0.05) is 33.6 Å². The minimum atomic E-state index is -0.523. The van der Waals surface area contributed by atoms with Crippen molar-refractivity contribution in [2.75, 3.05) is 0 Å². The minimum absolute atomic E-state index is 0.178. The Kier molecular flexibility index (Phi) is 4.65. The van der Waals surface area contributed by atoms with Gasteiger partial charge in [0, 0.05) is 0 Å². The van der Waals surface area contributed by atoms with Gasteiger partial charge in [-0.2, -0.15) is 0 Å². The predicted octanol–water partition coefficient (Wildman–Crippen LogP) is 0.888. The van der Waals surface area contributed by atoms with Crippen molar-refractivity contribution in [1.29, 1.82) is 0 Å². The summed E-state index contributed by atoms with van der Waals surface area (Å²) in [5, 5.41) is 2.72. The first-order valence-corrected chi connectivity index (χ1v) is 4.85. The molecule has 0 radical (unpaired) electrons. The number of carbonyl (C=O) groups is 1. The highest BCUT2D eigenvalue weighted by molar-refractivity contribution is 5.82. The molecule has 0 aliphatic carbocycles. The summed E-state index contributed by atoms with van der Waals surface area (Å²) in [5.41, 5.74) is 5.53. The molecule has 0 bridgehead atoms. The summed E-state index contributed by atoms with van der Waals surface area (Å²) in [5.74, 6) is 2.32. The highest BCUT2D eigenvalue weighted by Crippen LogP contribution is 2.17. The number of hydrogen-bond acceptors (Lipinski definition) is 2. The monoisotopic (exact) mass is 196 g/mol. The molecule has 0 aromatic rings. The lowest BCUT2D eigenvalue weighted by molar-refractivity contribution is -0.124. The molecule has 14 heavy (non-hydrogen) atoms. The van der Waals surface area contributed by atoms with Crippen LogP contribution in [-0.2, 0) is 4.79 Å². The van der Waals surface area contributed by atoms with E-state index in [1.165, 1.54) is 0 Å². The van der Waals surface area contributed by atoms with Gasteiger partial charge in [-0.05, 0) is 11.8 Å². The second kappa shape index (κ2) is 5.02. The Hall–Kier alpha value is -1.01. The summed E-state index contributed by atoms with van der Waals surface area (Å²) >= 11 is 0. The van der Waals surface area contributed by atoms with E-state index in [4.69, 9.17) is 12.2 Å². The number of carbonyl (C=O) groups excluding carboxylic acids is 1. The second-order valence-electron chi connectivity index (χ2n) is 4.48. The molecule has 0 rings (SSSR count). The lowest BCUT2D eigenvalue weighted by atomic mass is 9.87. The van der Waals surface area contributed by atoms with Gasteiger partial charge in [0.1, 0.15) is 0 Å². The third kappa shape index (κ3) is 3.80. The van der Waals surface area contributed by atoms with Crippen LogP contribution in [0, 0.1) is 17.8 Å². The molecule has 2 atom stereocenters. The molecule has 0 fully saturated rings. The van der Waals surface area contributed by atoms with E-state index in [1.807, 2.05) is 27.7 Å². The van der Waals surface area contributed by atoms with E-state index in [0.29, 0.717) is 0 Å². The molecule has 3 nitrogen and oxygen atoms in total. The molecule has 0 spiro atoms. The fourth-order valence-electron chi connectivity index (χ4n) is 0.916. The van der Waals surface area contributed by atoms with E-state index in [-0.39, 0.29) is 17.4 Å². The molecule has 0 aromatic carbocycles. The maximum atomic E-state index is 11.6. The molecular formula is C11H20N2O. The largest absolute Gasteiger partial charge is 0.341 e. The Morgan fingerprint density at radius 2 is 2.07 bits per heavy atom. The van der Waals surface area contributed by atoms with Crippen molar-refractivity contribution >= 4 is 5.91 Å². The molecule has 1 amide bonds. The van der Waals surface area contributed by atoms with Crippen molar-refractivity contribution in [2.45, 2.75) is 46.2 Å². The van der Waals surface area contributed by atoms with Gasteiger partial charge in [-0.25, -0.2) is 0 Å². The van der Waals surface area contributed by atoms with Gasteiger partial charge in [-0.15, -0.1) is 6.42 Å². The molecule has 1 unspecified atom stereocenters. The van der Waals surface area contributed by atoms with E-state index in [1.54, 1.807) is 0 Å². The molecule has 3 N–H and O–H groups in total. The quantitative estimate of drug-likeness (QED) is 0.659. The smallest absolute Gasteiger partial charge is 0.238 e. The molecule has 0 saturated heterocycles. The Morgan fingerprint density at radius 3 is 2.36 bits per heavy atom. The van der Waals surface area contributed by atoms with Crippen molar-refractivity contribution in [1.82, 2.24) is 5.32 Å². The number of hydrogen-bond donors (Lipinski definition) is 2. The van der Waals surface area contributed by atoms with Crippen LogP contribution in [0.5, 0.6) is 0 Å². The zero-order valence-electron chi connectivity index (χ0n) is 9.42. The Bertz CT molecular complexity index is 235. The van der Waals surface area contributed by atoms with Crippen molar-refractivity contribution in [3.8, 4) is 12.3 Å².